The predicted molar refractivity (Wildman–Crippen MR) is 154 cm³/mol. The van der Waals surface area contributed by atoms with E-state index < -0.39 is 0 Å². The van der Waals surface area contributed by atoms with Crippen LogP contribution in [-0.4, -0.2) is 35.7 Å². The summed E-state index contributed by atoms with van der Waals surface area (Å²) in [4.78, 5) is 8.89. The Morgan fingerprint density at radius 1 is 0.583 bits per heavy atom. The zero-order chi connectivity index (χ0) is 25.6. The van der Waals surface area contributed by atoms with Gasteiger partial charge in [0, 0.05) is 47.8 Å². The SMILES string of the molecule is Oc1c(C=NCCCN=Cc2cccc(-c3ccccc3)c2O)cccc1-c1ccccc1.[Br][Ti][Br]. The molecule has 0 atom stereocenters. The van der Waals surface area contributed by atoms with E-state index >= 15 is 0 Å². The number of aromatic hydroxyl groups is 2. The quantitative estimate of drug-likeness (QED) is 0.116. The topological polar surface area (TPSA) is 65.2 Å². The van der Waals surface area contributed by atoms with Crippen molar-refractivity contribution >= 4 is 38.8 Å². The van der Waals surface area contributed by atoms with Gasteiger partial charge in [-0.3, -0.25) is 9.98 Å². The monoisotopic (exact) mass is 640 g/mol. The first-order chi connectivity index (χ1) is 17.7. The number of nitrogens with zero attached hydrogens (tertiary/aromatic N) is 2. The van der Waals surface area contributed by atoms with Gasteiger partial charge in [-0.2, -0.15) is 0 Å². The van der Waals surface area contributed by atoms with Gasteiger partial charge in [-0.1, -0.05) is 84.9 Å². The van der Waals surface area contributed by atoms with Crippen LogP contribution in [0.3, 0.4) is 0 Å². The second kappa shape index (κ2) is 15.6. The number of rotatable bonds is 8. The Bertz CT molecular complexity index is 1180. The molecule has 0 saturated heterocycles. The molecule has 0 radical (unpaired) electrons. The molecule has 4 aromatic rings. The molecule has 0 aliphatic heterocycles. The molecule has 4 rings (SSSR count). The molecule has 0 aromatic heterocycles. The van der Waals surface area contributed by atoms with E-state index in [2.05, 4.69) is 36.3 Å². The van der Waals surface area contributed by atoms with Gasteiger partial charge in [0.25, 0.3) is 0 Å². The Labute approximate surface area is 233 Å². The van der Waals surface area contributed by atoms with Crippen molar-refractivity contribution in [3.63, 3.8) is 0 Å². The third kappa shape index (κ3) is 8.27. The minimum absolute atomic E-state index is 0.125. The van der Waals surface area contributed by atoms with Crippen LogP contribution in [0.15, 0.2) is 107 Å². The van der Waals surface area contributed by atoms with Gasteiger partial charge in [0.15, 0.2) is 0 Å². The standard InChI is InChI=1S/C29H26N2O2.2BrH.Ti/c32-28-24(14-7-16-26(28)22-10-3-1-4-11-22)20-30-18-9-19-31-21-25-15-8-17-27(29(25)33)23-12-5-2-6-13-23;;;/h1-8,10-17,20-21,32-33H,9,18-19H2;2*1H;/q;;;+2/p-2. The van der Waals surface area contributed by atoms with Gasteiger partial charge in [-0.05, 0) is 29.7 Å². The van der Waals surface area contributed by atoms with Crippen LogP contribution in [0.2, 0.25) is 0 Å². The predicted octanol–water partition coefficient (Wildman–Crippen LogP) is 8.05. The van der Waals surface area contributed by atoms with Crippen molar-refractivity contribution in [3.05, 3.63) is 108 Å². The van der Waals surface area contributed by atoms with E-state index in [-0.39, 0.29) is 26.5 Å². The summed E-state index contributed by atoms with van der Waals surface area (Å²) in [6.07, 6.45) is 4.19. The second-order valence-electron chi connectivity index (χ2n) is 7.71. The molecule has 4 nitrogen and oxygen atoms in total. The van der Waals surface area contributed by atoms with Gasteiger partial charge in [-0.15, -0.1) is 0 Å². The normalized spacial score (nSPS) is 10.8. The molecule has 0 unspecified atom stereocenters. The number of phenols is 2. The molecule has 0 aliphatic carbocycles. The van der Waals surface area contributed by atoms with Crippen molar-refractivity contribution < 1.29 is 25.2 Å². The first kappa shape index (κ1) is 28.1. The summed E-state index contributed by atoms with van der Waals surface area (Å²) in [6.45, 7) is 1.20. The molecule has 4 aromatic carbocycles. The van der Waals surface area contributed by atoms with E-state index in [1.165, 1.54) is 0 Å². The Hall–Kier alpha value is -2.51. The van der Waals surface area contributed by atoms with Crippen molar-refractivity contribution in [2.45, 2.75) is 6.42 Å². The molecule has 7 heteroatoms. The molecule has 0 saturated carbocycles. The Kier molecular flexibility index (Phi) is 12.1. The van der Waals surface area contributed by atoms with Crippen molar-refractivity contribution in [1.82, 2.24) is 0 Å². The molecule has 0 spiro atoms. The van der Waals surface area contributed by atoms with E-state index in [4.69, 9.17) is 0 Å². The molecule has 0 bridgehead atoms. The van der Waals surface area contributed by atoms with E-state index in [1.807, 2.05) is 97.1 Å². The Balaban J connectivity index is 0.00000115. The number of hydrogen-bond acceptors (Lipinski definition) is 4. The van der Waals surface area contributed by atoms with E-state index in [9.17, 15) is 10.2 Å². The van der Waals surface area contributed by atoms with Crippen molar-refractivity contribution in [3.8, 4) is 33.8 Å². The van der Waals surface area contributed by atoms with E-state index in [0.717, 1.165) is 28.7 Å². The number of aliphatic imine (C=N–C) groups is 2. The summed E-state index contributed by atoms with van der Waals surface area (Å²) < 4.78 is 0. The van der Waals surface area contributed by atoms with Crippen LogP contribution >= 0.6 is 26.3 Å². The van der Waals surface area contributed by atoms with Gasteiger partial charge in [0.05, 0.1) is 0 Å². The van der Waals surface area contributed by atoms with E-state index in [0.29, 0.717) is 24.2 Å². The maximum atomic E-state index is 10.6. The van der Waals surface area contributed by atoms with Crippen molar-refractivity contribution in [2.75, 3.05) is 13.1 Å². The van der Waals surface area contributed by atoms with Crippen LogP contribution in [0.5, 0.6) is 11.5 Å². The molecule has 0 amide bonds. The zero-order valence-corrected chi connectivity index (χ0v) is 24.3. The third-order valence-electron chi connectivity index (χ3n) is 5.34. The molecule has 0 aliphatic rings. The first-order valence-corrected chi connectivity index (χ1v) is 19.1. The fraction of sp³-hybridized carbons (Fsp3) is 0.103. The van der Waals surface area contributed by atoms with Crippen molar-refractivity contribution in [2.24, 2.45) is 9.98 Å². The van der Waals surface area contributed by atoms with Gasteiger partial charge < -0.3 is 10.2 Å². The van der Waals surface area contributed by atoms with Gasteiger partial charge >= 0.3 is 41.3 Å². The van der Waals surface area contributed by atoms with Gasteiger partial charge in [0.2, 0.25) is 0 Å². The van der Waals surface area contributed by atoms with Crippen LogP contribution in [0.1, 0.15) is 17.5 Å². The number of hydrogen-bond donors (Lipinski definition) is 2. The summed E-state index contributed by atoms with van der Waals surface area (Å²) in [6, 6.07) is 31.0. The van der Waals surface area contributed by atoms with Crippen molar-refractivity contribution in [1.29, 1.82) is 0 Å². The number of para-hydroxylation sites is 2. The fourth-order valence-electron chi connectivity index (χ4n) is 3.61. The molecular weight excluding hydrogens is 616 g/mol. The molecule has 0 fully saturated rings. The third-order valence-corrected chi connectivity index (χ3v) is 5.34. The van der Waals surface area contributed by atoms with Crippen LogP contribution in [0.4, 0.5) is 0 Å². The molecular formula is C29H26Br2N2O2Ti. The Morgan fingerprint density at radius 2 is 0.972 bits per heavy atom. The number of phenolic OH excluding ortho intramolecular Hbond substituents is 2. The summed E-state index contributed by atoms with van der Waals surface area (Å²) in [5.41, 5.74) is 4.92. The average molecular weight is 642 g/mol. The van der Waals surface area contributed by atoms with Crippen LogP contribution in [0.25, 0.3) is 22.3 Å². The van der Waals surface area contributed by atoms with Gasteiger partial charge in [0.1, 0.15) is 11.5 Å². The number of benzene rings is 4. The number of halogens is 2. The average Bonchev–Trinajstić information content (AvgIpc) is 2.91. The fourth-order valence-corrected chi connectivity index (χ4v) is 3.61. The summed E-state index contributed by atoms with van der Waals surface area (Å²) >= 11 is 6.50. The first-order valence-electron chi connectivity index (χ1n) is 11.4. The van der Waals surface area contributed by atoms with Crippen LogP contribution in [-0.2, 0) is 15.0 Å². The molecule has 2 N–H and O–H groups in total. The zero-order valence-electron chi connectivity index (χ0n) is 19.6. The van der Waals surface area contributed by atoms with Crippen LogP contribution in [0, 0.1) is 0 Å². The molecule has 182 valence electrons. The van der Waals surface area contributed by atoms with Gasteiger partial charge in [-0.25, -0.2) is 0 Å². The maximum absolute atomic E-state index is 10.6. The molecule has 0 heterocycles. The summed E-state index contributed by atoms with van der Waals surface area (Å²) in [5.74, 6) is 0.471. The second-order valence-corrected chi connectivity index (χ2v) is 15.6. The Morgan fingerprint density at radius 3 is 1.36 bits per heavy atom. The minimum atomic E-state index is 0.125. The van der Waals surface area contributed by atoms with E-state index in [1.54, 1.807) is 12.4 Å². The summed E-state index contributed by atoms with van der Waals surface area (Å²) in [5, 5.41) is 21.2. The summed E-state index contributed by atoms with van der Waals surface area (Å²) in [7, 11) is 0. The molecule has 36 heavy (non-hydrogen) atoms. The van der Waals surface area contributed by atoms with Crippen LogP contribution < -0.4 is 0 Å².